The minimum Gasteiger partial charge on any atom is -0.378 e. The molecule has 0 saturated carbocycles. The quantitative estimate of drug-likeness (QED) is 0.513. The number of halogens is 1. The summed E-state index contributed by atoms with van der Waals surface area (Å²) in [5.74, 6) is -0.856. The average Bonchev–Trinajstić information content (AvgIpc) is 3.25. The van der Waals surface area contributed by atoms with Crippen LogP contribution in [0.1, 0.15) is 48.4 Å². The van der Waals surface area contributed by atoms with Crippen molar-refractivity contribution in [1.29, 1.82) is 0 Å². The number of rotatable bonds is 5. The first-order chi connectivity index (χ1) is 12.9. The zero-order valence-electron chi connectivity index (χ0n) is 14.8. The standard InChI is InChI=1S/C16H17FN8O2/c1-8(2)13-12(20-24-25(13)15-14(18)22-27-23-15)16(26)21-19-9(3)10-4-6-11(17)7-5-10/h4-8H,1-3H3,(H2,18,22)(H,21,26)/b19-9-. The monoisotopic (exact) mass is 372 g/mol. The molecule has 0 unspecified atom stereocenters. The smallest absolute Gasteiger partial charge is 0.293 e. The van der Waals surface area contributed by atoms with E-state index in [-0.39, 0.29) is 29.1 Å². The zero-order chi connectivity index (χ0) is 19.6. The van der Waals surface area contributed by atoms with Gasteiger partial charge in [-0.3, -0.25) is 4.79 Å². The molecule has 0 spiro atoms. The summed E-state index contributed by atoms with van der Waals surface area (Å²) in [6, 6.07) is 5.76. The SMILES string of the molecule is C/C(=N/NC(=O)c1nnn(-c2nonc2N)c1C(C)C)c1ccc(F)cc1. The summed E-state index contributed by atoms with van der Waals surface area (Å²) in [6.07, 6.45) is 0. The van der Waals surface area contributed by atoms with Crippen molar-refractivity contribution in [3.63, 3.8) is 0 Å². The van der Waals surface area contributed by atoms with Gasteiger partial charge in [0.05, 0.1) is 11.4 Å². The molecule has 0 bridgehead atoms. The Morgan fingerprint density at radius 1 is 1.30 bits per heavy atom. The highest BCUT2D eigenvalue weighted by Crippen LogP contribution is 2.22. The summed E-state index contributed by atoms with van der Waals surface area (Å²) in [6.45, 7) is 5.42. The molecular formula is C16H17FN8O2. The molecular weight excluding hydrogens is 355 g/mol. The molecule has 3 N–H and O–H groups in total. The second-order valence-electron chi connectivity index (χ2n) is 6.01. The molecule has 0 aliphatic carbocycles. The summed E-state index contributed by atoms with van der Waals surface area (Å²) in [5, 5.41) is 19.1. The van der Waals surface area contributed by atoms with E-state index in [4.69, 9.17) is 5.73 Å². The van der Waals surface area contributed by atoms with Gasteiger partial charge >= 0.3 is 0 Å². The van der Waals surface area contributed by atoms with E-state index in [1.54, 1.807) is 19.1 Å². The van der Waals surface area contributed by atoms with Crippen LogP contribution in [0.25, 0.3) is 5.82 Å². The van der Waals surface area contributed by atoms with Crippen molar-refractivity contribution >= 4 is 17.4 Å². The van der Waals surface area contributed by atoms with E-state index in [2.05, 4.69) is 35.8 Å². The van der Waals surface area contributed by atoms with Crippen molar-refractivity contribution in [2.75, 3.05) is 5.73 Å². The molecule has 0 atom stereocenters. The maximum absolute atomic E-state index is 13.0. The number of nitrogen functional groups attached to an aromatic ring is 1. The lowest BCUT2D eigenvalue weighted by atomic mass is 10.1. The highest BCUT2D eigenvalue weighted by Gasteiger charge is 2.25. The molecule has 11 heteroatoms. The molecule has 0 radical (unpaired) electrons. The van der Waals surface area contributed by atoms with Gasteiger partial charge in [0, 0.05) is 0 Å². The van der Waals surface area contributed by atoms with E-state index < -0.39 is 5.91 Å². The predicted molar refractivity (Wildman–Crippen MR) is 93.8 cm³/mol. The van der Waals surface area contributed by atoms with Gasteiger partial charge in [0.2, 0.25) is 11.6 Å². The third-order valence-corrected chi connectivity index (χ3v) is 3.75. The molecule has 0 saturated heterocycles. The molecule has 2 heterocycles. The molecule has 2 aromatic heterocycles. The van der Waals surface area contributed by atoms with E-state index in [1.165, 1.54) is 16.8 Å². The van der Waals surface area contributed by atoms with Gasteiger partial charge in [-0.05, 0) is 40.9 Å². The Kier molecular flexibility index (Phi) is 4.92. The fourth-order valence-electron chi connectivity index (χ4n) is 2.41. The van der Waals surface area contributed by atoms with Gasteiger partial charge < -0.3 is 5.73 Å². The highest BCUT2D eigenvalue weighted by molar-refractivity contribution is 6.00. The van der Waals surface area contributed by atoms with Crippen LogP contribution in [0.5, 0.6) is 0 Å². The lowest BCUT2D eigenvalue weighted by Gasteiger charge is -2.08. The maximum atomic E-state index is 13.0. The summed E-state index contributed by atoms with van der Waals surface area (Å²) in [5.41, 5.74) is 9.85. The molecule has 3 rings (SSSR count). The van der Waals surface area contributed by atoms with Crippen LogP contribution in [0.3, 0.4) is 0 Å². The number of carbonyl (C=O) groups excluding carboxylic acids is 1. The Hall–Kier alpha value is -3.63. The lowest BCUT2D eigenvalue weighted by Crippen LogP contribution is -2.22. The average molecular weight is 372 g/mol. The van der Waals surface area contributed by atoms with Crippen LogP contribution in [-0.2, 0) is 0 Å². The second kappa shape index (κ2) is 7.32. The Balaban J connectivity index is 1.87. The van der Waals surface area contributed by atoms with Gasteiger partial charge in [-0.2, -0.15) is 9.78 Å². The predicted octanol–water partition coefficient (Wildman–Crippen LogP) is 1.65. The molecule has 10 nitrogen and oxygen atoms in total. The van der Waals surface area contributed by atoms with Crippen LogP contribution in [0.4, 0.5) is 10.2 Å². The third-order valence-electron chi connectivity index (χ3n) is 3.75. The number of nitrogens with two attached hydrogens (primary N) is 1. The van der Waals surface area contributed by atoms with Crippen molar-refractivity contribution in [2.24, 2.45) is 5.10 Å². The normalized spacial score (nSPS) is 11.8. The number of aromatic nitrogens is 5. The van der Waals surface area contributed by atoms with E-state index in [1.807, 2.05) is 13.8 Å². The number of amides is 1. The minimum absolute atomic E-state index is 0.0268. The second-order valence-corrected chi connectivity index (χ2v) is 6.01. The van der Waals surface area contributed by atoms with E-state index in [0.717, 1.165) is 0 Å². The number of hydrogen-bond donors (Lipinski definition) is 2. The van der Waals surface area contributed by atoms with Crippen molar-refractivity contribution in [1.82, 2.24) is 30.7 Å². The Morgan fingerprint density at radius 2 is 2.00 bits per heavy atom. The molecule has 0 aliphatic rings. The molecule has 140 valence electrons. The van der Waals surface area contributed by atoms with Crippen LogP contribution in [0.15, 0.2) is 34.0 Å². The Bertz CT molecular complexity index is 990. The Morgan fingerprint density at radius 3 is 2.59 bits per heavy atom. The lowest BCUT2D eigenvalue weighted by molar-refractivity contribution is 0.0948. The summed E-state index contributed by atoms with van der Waals surface area (Å²) in [7, 11) is 0. The molecule has 1 aromatic carbocycles. The van der Waals surface area contributed by atoms with E-state index in [9.17, 15) is 9.18 Å². The first kappa shape index (κ1) is 18.2. The number of anilines is 1. The third kappa shape index (κ3) is 3.66. The number of hydrogen-bond acceptors (Lipinski definition) is 8. The molecule has 1 amide bonds. The first-order valence-corrected chi connectivity index (χ1v) is 8.03. The highest BCUT2D eigenvalue weighted by atomic mass is 19.1. The number of benzene rings is 1. The molecule has 0 fully saturated rings. The number of nitrogens with one attached hydrogen (secondary N) is 1. The van der Waals surface area contributed by atoms with Gasteiger partial charge in [-0.25, -0.2) is 14.4 Å². The van der Waals surface area contributed by atoms with Crippen LogP contribution >= 0.6 is 0 Å². The maximum Gasteiger partial charge on any atom is 0.293 e. The fourth-order valence-corrected chi connectivity index (χ4v) is 2.41. The largest absolute Gasteiger partial charge is 0.378 e. The van der Waals surface area contributed by atoms with Crippen molar-refractivity contribution in [2.45, 2.75) is 26.7 Å². The fraction of sp³-hybridized carbons (Fsp3) is 0.250. The van der Waals surface area contributed by atoms with Crippen LogP contribution < -0.4 is 11.2 Å². The van der Waals surface area contributed by atoms with Gasteiger partial charge in [0.25, 0.3) is 5.91 Å². The number of hydrazone groups is 1. The van der Waals surface area contributed by atoms with Gasteiger partial charge in [-0.1, -0.05) is 31.2 Å². The van der Waals surface area contributed by atoms with E-state index in [0.29, 0.717) is 17.0 Å². The van der Waals surface area contributed by atoms with Crippen molar-refractivity contribution in [3.8, 4) is 5.82 Å². The molecule has 0 aliphatic heterocycles. The van der Waals surface area contributed by atoms with E-state index >= 15 is 0 Å². The molecule has 3 aromatic rings. The van der Waals surface area contributed by atoms with Gasteiger partial charge in [0.1, 0.15) is 5.82 Å². The number of carbonyl (C=O) groups is 1. The summed E-state index contributed by atoms with van der Waals surface area (Å²) < 4.78 is 18.9. The minimum atomic E-state index is -0.554. The molecule has 27 heavy (non-hydrogen) atoms. The van der Waals surface area contributed by atoms with Crippen molar-refractivity contribution < 1.29 is 13.8 Å². The number of nitrogens with zero attached hydrogens (tertiary/aromatic N) is 6. The van der Waals surface area contributed by atoms with Gasteiger partial charge in [-0.15, -0.1) is 5.10 Å². The summed E-state index contributed by atoms with van der Waals surface area (Å²) in [4.78, 5) is 12.5. The van der Waals surface area contributed by atoms with Crippen molar-refractivity contribution in [3.05, 3.63) is 47.0 Å². The van der Waals surface area contributed by atoms with Gasteiger partial charge in [0.15, 0.2) is 5.69 Å². The zero-order valence-corrected chi connectivity index (χ0v) is 14.8. The van der Waals surface area contributed by atoms with Crippen LogP contribution in [-0.4, -0.2) is 36.9 Å². The summed E-state index contributed by atoms with van der Waals surface area (Å²) >= 11 is 0. The topological polar surface area (TPSA) is 137 Å². The first-order valence-electron chi connectivity index (χ1n) is 8.03. The van der Waals surface area contributed by atoms with Crippen LogP contribution in [0.2, 0.25) is 0 Å². The van der Waals surface area contributed by atoms with Crippen LogP contribution in [0, 0.1) is 5.82 Å². The Labute approximate surface area is 153 Å².